The molecule has 0 saturated heterocycles. The van der Waals surface area contributed by atoms with Crippen molar-refractivity contribution in [1.29, 1.82) is 0 Å². The molecule has 0 radical (unpaired) electrons. The first-order valence-electron chi connectivity index (χ1n) is 6.38. The Balaban J connectivity index is 3.34. The zero-order valence-electron chi connectivity index (χ0n) is 11.5. The number of aliphatic hydroxyl groups is 4. The molecule has 0 saturated carbocycles. The number of anilines is 1. The second-order valence-corrected chi connectivity index (χ2v) is 4.38. The van der Waals surface area contributed by atoms with E-state index in [4.69, 9.17) is 5.21 Å². The van der Waals surface area contributed by atoms with Crippen molar-refractivity contribution in [2.45, 2.75) is 32.3 Å². The van der Waals surface area contributed by atoms with E-state index >= 15 is 0 Å². The number of benzene rings is 1. The Bertz CT molecular complexity index is 492. The maximum absolute atomic E-state index is 11.6. The summed E-state index contributed by atoms with van der Waals surface area (Å²) in [5.74, 6) is 0. The number of aliphatic hydroxyl groups excluding tert-OH is 2. The van der Waals surface area contributed by atoms with Crippen LogP contribution in [0.15, 0.2) is 23.5 Å². The number of unbranched alkanes of at least 4 members (excludes halogenated alkanes) is 1. The van der Waals surface area contributed by atoms with Crippen LogP contribution in [0.25, 0.3) is 0 Å². The third-order valence-corrected chi connectivity index (χ3v) is 2.92. The van der Waals surface area contributed by atoms with Crippen LogP contribution >= 0.6 is 0 Å². The van der Waals surface area contributed by atoms with Gasteiger partial charge in [-0.1, -0.05) is 25.5 Å². The number of nitrogens with zero attached hydrogens (tertiary/aromatic N) is 3. The van der Waals surface area contributed by atoms with Gasteiger partial charge in [0.15, 0.2) is 12.6 Å². The molecule has 0 bridgehead atoms. The first kappa shape index (κ1) is 17.1. The van der Waals surface area contributed by atoms with E-state index in [0.29, 0.717) is 6.42 Å². The predicted octanol–water partition coefficient (Wildman–Crippen LogP) is 0.526. The second kappa shape index (κ2) is 7.74. The van der Waals surface area contributed by atoms with Gasteiger partial charge >= 0.3 is 0 Å². The van der Waals surface area contributed by atoms with E-state index in [9.17, 15) is 25.6 Å². The Morgan fingerprint density at radius 2 is 1.90 bits per heavy atom. The quantitative estimate of drug-likeness (QED) is 0.214. The molecule has 0 aliphatic heterocycles. The Morgan fingerprint density at radius 3 is 2.38 bits per heavy atom. The lowest BCUT2D eigenvalue weighted by Crippen LogP contribution is -2.33. The Morgan fingerprint density at radius 1 is 1.24 bits per heavy atom. The third kappa shape index (κ3) is 4.26. The molecule has 0 aliphatic rings. The molecular weight excluding hydrogens is 282 g/mol. The molecule has 0 aromatic heterocycles. The van der Waals surface area contributed by atoms with Gasteiger partial charge in [0.05, 0.1) is 11.5 Å². The zero-order valence-corrected chi connectivity index (χ0v) is 11.5. The minimum Gasteiger partial charge on any atom is -0.569 e. The van der Waals surface area contributed by atoms with Gasteiger partial charge in [-0.3, -0.25) is 0 Å². The molecule has 0 atom stereocenters. The summed E-state index contributed by atoms with van der Waals surface area (Å²) in [4.78, 5) is -0.107. The molecule has 1 aromatic carbocycles. The fourth-order valence-corrected chi connectivity index (χ4v) is 1.82. The fraction of sp³-hybridized carbons (Fsp3) is 0.500. The van der Waals surface area contributed by atoms with Gasteiger partial charge in [0.2, 0.25) is 5.28 Å². The molecule has 0 aliphatic carbocycles. The maximum Gasteiger partial charge on any atom is 0.231 e. The van der Waals surface area contributed by atoms with E-state index in [1.54, 1.807) is 0 Å². The highest BCUT2D eigenvalue weighted by Crippen LogP contribution is 2.29. The van der Waals surface area contributed by atoms with E-state index in [1.165, 1.54) is 18.2 Å². The molecule has 9 heteroatoms. The first-order valence-corrected chi connectivity index (χ1v) is 6.38. The minimum absolute atomic E-state index is 0.0110. The molecule has 21 heavy (non-hydrogen) atoms. The predicted molar refractivity (Wildman–Crippen MR) is 70.9 cm³/mol. The van der Waals surface area contributed by atoms with Gasteiger partial charge < -0.3 is 30.8 Å². The van der Waals surface area contributed by atoms with Gasteiger partial charge in [-0.25, -0.2) is 0 Å². The number of hydrogen-bond donors (Lipinski definition) is 5. The summed E-state index contributed by atoms with van der Waals surface area (Å²) < 4.78 is 0. The van der Waals surface area contributed by atoms with Crippen molar-refractivity contribution >= 4 is 5.69 Å². The normalized spacial score (nSPS) is 12.2. The van der Waals surface area contributed by atoms with Crippen molar-refractivity contribution in [3.05, 3.63) is 34.5 Å². The third-order valence-electron chi connectivity index (χ3n) is 2.92. The maximum atomic E-state index is 11.6. The average molecular weight is 301 g/mol. The van der Waals surface area contributed by atoms with Gasteiger partial charge in [-0.05, 0) is 12.5 Å². The van der Waals surface area contributed by atoms with Crippen molar-refractivity contribution < 1.29 is 30.6 Å². The highest BCUT2D eigenvalue weighted by molar-refractivity contribution is 5.54. The molecule has 0 unspecified atom stereocenters. The summed E-state index contributed by atoms with van der Waals surface area (Å²) in [7, 11) is 0. The number of hydrogen-bond acceptors (Lipinski definition) is 6. The lowest BCUT2D eigenvalue weighted by Gasteiger charge is -2.22. The molecule has 0 fully saturated rings. The molecular formula is C12H19N3O6. The summed E-state index contributed by atoms with van der Waals surface area (Å²) in [6.07, 6.45) is -2.34. The highest BCUT2D eigenvalue weighted by atomic mass is 16.6. The van der Waals surface area contributed by atoms with E-state index in [1.807, 2.05) is 6.92 Å². The van der Waals surface area contributed by atoms with Gasteiger partial charge in [0.25, 0.3) is 0 Å². The van der Waals surface area contributed by atoms with Crippen LogP contribution in [0, 0.1) is 5.21 Å². The van der Waals surface area contributed by atoms with Gasteiger partial charge in [0, 0.05) is 11.1 Å². The molecule has 9 nitrogen and oxygen atoms in total. The Kier molecular flexibility index (Phi) is 6.31. The van der Waals surface area contributed by atoms with Crippen molar-refractivity contribution in [3.8, 4) is 0 Å². The Hall–Kier alpha value is -1.94. The molecule has 5 N–H and O–H groups in total. The lowest BCUT2D eigenvalue weighted by molar-refractivity contribution is -0.568. The van der Waals surface area contributed by atoms with Crippen molar-refractivity contribution in [1.82, 2.24) is 0 Å². The van der Waals surface area contributed by atoms with Crippen LogP contribution < -0.4 is 5.01 Å². The smallest absolute Gasteiger partial charge is 0.231 e. The second-order valence-electron chi connectivity index (χ2n) is 4.38. The van der Waals surface area contributed by atoms with Crippen molar-refractivity contribution in [3.63, 3.8) is 0 Å². The van der Waals surface area contributed by atoms with Crippen LogP contribution in [0.3, 0.4) is 0 Å². The van der Waals surface area contributed by atoms with E-state index in [2.05, 4.69) is 5.28 Å². The SMILES string of the molecule is CCCCN(c1cc(C(O)O)ccc1C(O)O)/[N+]([O-])=N/O. The van der Waals surface area contributed by atoms with Gasteiger partial charge in [0.1, 0.15) is 5.69 Å². The molecule has 1 rings (SSSR count). The molecule has 0 spiro atoms. The van der Waals surface area contributed by atoms with Crippen LogP contribution in [0.5, 0.6) is 0 Å². The van der Waals surface area contributed by atoms with Crippen molar-refractivity contribution in [2.75, 3.05) is 11.6 Å². The monoisotopic (exact) mass is 301 g/mol. The summed E-state index contributed by atoms with van der Waals surface area (Å²) in [6, 6.07) is 3.75. The van der Waals surface area contributed by atoms with Gasteiger partial charge in [-0.2, -0.15) is 0 Å². The van der Waals surface area contributed by atoms with Crippen LogP contribution in [0.4, 0.5) is 5.69 Å². The number of rotatable bonds is 7. The fourth-order valence-electron chi connectivity index (χ4n) is 1.82. The zero-order chi connectivity index (χ0) is 16.0. The topological polar surface area (TPSA) is 143 Å². The molecule has 0 amide bonds. The van der Waals surface area contributed by atoms with Crippen LogP contribution in [-0.4, -0.2) is 37.1 Å². The van der Waals surface area contributed by atoms with Crippen molar-refractivity contribution in [2.24, 2.45) is 5.28 Å². The molecule has 1 aromatic rings. The summed E-state index contributed by atoms with van der Waals surface area (Å²) in [5, 5.41) is 60.8. The van der Waals surface area contributed by atoms with Crippen LogP contribution in [0.1, 0.15) is 43.5 Å². The van der Waals surface area contributed by atoms with Crippen LogP contribution in [-0.2, 0) is 0 Å². The van der Waals surface area contributed by atoms with Gasteiger partial charge in [-0.15, -0.1) is 5.01 Å². The standard InChI is InChI=1S/C12H19N3O6/c1-2-3-6-14(15(21)13-20)10-7-8(11(16)17)4-5-9(10)12(18)19/h4-5,7,11-12,16-20H,2-3,6H2,1H3/b15-13-. The summed E-state index contributed by atoms with van der Waals surface area (Å²) >= 11 is 0. The summed E-state index contributed by atoms with van der Waals surface area (Å²) in [6.45, 7) is 2.04. The Labute approximate surface area is 121 Å². The highest BCUT2D eigenvalue weighted by Gasteiger charge is 2.23. The first-order chi connectivity index (χ1) is 9.92. The lowest BCUT2D eigenvalue weighted by atomic mass is 10.1. The van der Waals surface area contributed by atoms with E-state index in [0.717, 1.165) is 11.4 Å². The molecule has 0 heterocycles. The molecule has 118 valence electrons. The minimum atomic E-state index is -1.87. The largest absolute Gasteiger partial charge is 0.569 e. The average Bonchev–Trinajstić information content (AvgIpc) is 2.46. The van der Waals surface area contributed by atoms with Crippen LogP contribution in [0.2, 0.25) is 0 Å². The number of hydrazine groups is 1. The van der Waals surface area contributed by atoms with E-state index < -0.39 is 12.6 Å². The summed E-state index contributed by atoms with van der Waals surface area (Å²) in [5.41, 5.74) is 0.0408. The van der Waals surface area contributed by atoms with E-state index in [-0.39, 0.29) is 28.3 Å².